The summed E-state index contributed by atoms with van der Waals surface area (Å²) in [5.41, 5.74) is 1.39. The molecule has 1 aromatic carbocycles. The third kappa shape index (κ3) is 2.83. The first-order valence-electron chi connectivity index (χ1n) is 7.13. The number of nitrogens with one attached hydrogen (secondary N) is 1. The molecule has 1 amide bonds. The third-order valence-electron chi connectivity index (χ3n) is 3.88. The number of hydrogen-bond acceptors (Lipinski definition) is 4. The number of carboxylic acids is 1. The predicted octanol–water partition coefficient (Wildman–Crippen LogP) is 1.41. The van der Waals surface area contributed by atoms with Crippen molar-refractivity contribution in [3.05, 3.63) is 36.2 Å². The van der Waals surface area contributed by atoms with Crippen molar-refractivity contribution in [3.63, 3.8) is 0 Å². The van der Waals surface area contributed by atoms with Gasteiger partial charge in [-0.1, -0.05) is 12.1 Å². The van der Waals surface area contributed by atoms with Gasteiger partial charge in [-0.05, 0) is 25.0 Å². The Morgan fingerprint density at radius 3 is 2.68 bits per heavy atom. The molecule has 2 heterocycles. The standard InChI is InChI=1S/C15H16N4O3/c20-14(19-7-1-2-12(8-19)15(21)22)11-5-3-10(4-6-11)13-16-9-17-18-13/h3-6,9,12H,1-2,7-8H2,(H,21,22)(H,16,17,18). The molecule has 0 saturated carbocycles. The van der Waals surface area contributed by atoms with Crippen molar-refractivity contribution in [1.82, 2.24) is 20.1 Å². The fourth-order valence-electron chi connectivity index (χ4n) is 2.66. The number of aliphatic carboxylic acids is 1. The Hall–Kier alpha value is -2.70. The highest BCUT2D eigenvalue weighted by atomic mass is 16.4. The van der Waals surface area contributed by atoms with Gasteiger partial charge in [0, 0.05) is 24.2 Å². The van der Waals surface area contributed by atoms with Gasteiger partial charge in [0.1, 0.15) is 6.33 Å². The minimum absolute atomic E-state index is 0.130. The van der Waals surface area contributed by atoms with Gasteiger partial charge in [-0.25, -0.2) is 4.98 Å². The lowest BCUT2D eigenvalue weighted by molar-refractivity contribution is -0.143. The van der Waals surface area contributed by atoms with Crippen LogP contribution in [0, 0.1) is 5.92 Å². The molecule has 3 rings (SSSR count). The van der Waals surface area contributed by atoms with E-state index in [9.17, 15) is 9.59 Å². The second-order valence-corrected chi connectivity index (χ2v) is 5.34. The van der Waals surface area contributed by atoms with Crippen molar-refractivity contribution in [2.75, 3.05) is 13.1 Å². The lowest BCUT2D eigenvalue weighted by Crippen LogP contribution is -2.42. The summed E-state index contributed by atoms with van der Waals surface area (Å²) in [6.45, 7) is 0.879. The molecule has 22 heavy (non-hydrogen) atoms. The van der Waals surface area contributed by atoms with Crippen LogP contribution in [0.5, 0.6) is 0 Å². The molecule has 1 aromatic heterocycles. The van der Waals surface area contributed by atoms with Crippen LogP contribution in [0.2, 0.25) is 0 Å². The number of aromatic nitrogens is 3. The Morgan fingerprint density at radius 1 is 1.27 bits per heavy atom. The first kappa shape index (κ1) is 14.2. The molecule has 1 saturated heterocycles. The zero-order valence-corrected chi connectivity index (χ0v) is 11.9. The molecule has 7 heteroatoms. The molecule has 7 nitrogen and oxygen atoms in total. The first-order valence-corrected chi connectivity index (χ1v) is 7.13. The van der Waals surface area contributed by atoms with Gasteiger partial charge in [-0.15, -0.1) is 0 Å². The Balaban J connectivity index is 1.73. The van der Waals surface area contributed by atoms with E-state index >= 15 is 0 Å². The number of carboxylic acid groups (broad SMARTS) is 1. The second kappa shape index (κ2) is 5.97. The van der Waals surface area contributed by atoms with E-state index in [0.29, 0.717) is 24.4 Å². The predicted molar refractivity (Wildman–Crippen MR) is 78.1 cm³/mol. The average molecular weight is 300 g/mol. The Bertz CT molecular complexity index is 667. The molecule has 114 valence electrons. The van der Waals surface area contributed by atoms with E-state index in [1.165, 1.54) is 6.33 Å². The number of H-pyrrole nitrogens is 1. The highest BCUT2D eigenvalue weighted by molar-refractivity contribution is 5.95. The quantitative estimate of drug-likeness (QED) is 0.892. The fraction of sp³-hybridized carbons (Fsp3) is 0.333. The Labute approximate surface area is 127 Å². The van der Waals surface area contributed by atoms with Crippen molar-refractivity contribution >= 4 is 11.9 Å². The van der Waals surface area contributed by atoms with Crippen molar-refractivity contribution in [2.45, 2.75) is 12.8 Å². The van der Waals surface area contributed by atoms with Crippen LogP contribution in [-0.4, -0.2) is 50.2 Å². The van der Waals surface area contributed by atoms with Crippen LogP contribution in [-0.2, 0) is 4.79 Å². The van der Waals surface area contributed by atoms with Gasteiger partial charge in [-0.3, -0.25) is 14.7 Å². The fourth-order valence-corrected chi connectivity index (χ4v) is 2.66. The molecule has 0 aliphatic carbocycles. The maximum atomic E-state index is 12.5. The molecule has 0 radical (unpaired) electrons. The topological polar surface area (TPSA) is 99.2 Å². The summed E-state index contributed by atoms with van der Waals surface area (Å²) in [5.74, 6) is -0.790. The van der Waals surface area contributed by atoms with Gasteiger partial charge in [0.2, 0.25) is 0 Å². The molecule has 1 aliphatic rings. The molecular formula is C15H16N4O3. The normalized spacial score (nSPS) is 18.2. The van der Waals surface area contributed by atoms with E-state index in [1.807, 2.05) is 0 Å². The van der Waals surface area contributed by atoms with Crippen LogP contribution in [0.25, 0.3) is 11.4 Å². The van der Waals surface area contributed by atoms with E-state index in [0.717, 1.165) is 12.0 Å². The van der Waals surface area contributed by atoms with Gasteiger partial charge in [0.25, 0.3) is 5.91 Å². The van der Waals surface area contributed by atoms with Crippen molar-refractivity contribution < 1.29 is 14.7 Å². The second-order valence-electron chi connectivity index (χ2n) is 5.34. The van der Waals surface area contributed by atoms with Crippen LogP contribution in [0.3, 0.4) is 0 Å². The number of piperidine rings is 1. The summed E-state index contributed by atoms with van der Waals surface area (Å²) in [5, 5.41) is 15.6. The van der Waals surface area contributed by atoms with Gasteiger partial charge >= 0.3 is 5.97 Å². The van der Waals surface area contributed by atoms with Crippen LogP contribution in [0.4, 0.5) is 0 Å². The minimum Gasteiger partial charge on any atom is -0.481 e. The summed E-state index contributed by atoms with van der Waals surface area (Å²) in [7, 11) is 0. The molecule has 0 spiro atoms. The smallest absolute Gasteiger partial charge is 0.308 e. The maximum absolute atomic E-state index is 12.5. The number of carbonyl (C=O) groups is 2. The number of aromatic amines is 1. The van der Waals surface area contributed by atoms with Gasteiger partial charge < -0.3 is 10.0 Å². The number of rotatable bonds is 3. The van der Waals surface area contributed by atoms with Gasteiger partial charge in [-0.2, -0.15) is 5.10 Å². The number of carbonyl (C=O) groups excluding carboxylic acids is 1. The average Bonchev–Trinajstić information content (AvgIpc) is 3.09. The zero-order valence-electron chi connectivity index (χ0n) is 11.9. The van der Waals surface area contributed by atoms with Gasteiger partial charge in [0.05, 0.1) is 5.92 Å². The van der Waals surface area contributed by atoms with Crippen LogP contribution >= 0.6 is 0 Å². The lowest BCUT2D eigenvalue weighted by Gasteiger charge is -2.30. The van der Waals surface area contributed by atoms with Crippen LogP contribution in [0.1, 0.15) is 23.2 Å². The van der Waals surface area contributed by atoms with E-state index < -0.39 is 11.9 Å². The Kier molecular flexibility index (Phi) is 3.86. The lowest BCUT2D eigenvalue weighted by atomic mass is 9.97. The molecule has 1 unspecified atom stereocenters. The molecular weight excluding hydrogens is 284 g/mol. The van der Waals surface area contributed by atoms with Crippen LogP contribution in [0.15, 0.2) is 30.6 Å². The molecule has 0 bridgehead atoms. The molecule has 1 atom stereocenters. The van der Waals surface area contributed by atoms with Crippen molar-refractivity contribution in [3.8, 4) is 11.4 Å². The number of amides is 1. The molecule has 1 aliphatic heterocycles. The largest absolute Gasteiger partial charge is 0.481 e. The van der Waals surface area contributed by atoms with E-state index in [2.05, 4.69) is 15.2 Å². The third-order valence-corrected chi connectivity index (χ3v) is 3.88. The number of hydrogen-bond donors (Lipinski definition) is 2. The number of likely N-dealkylation sites (tertiary alicyclic amines) is 1. The zero-order chi connectivity index (χ0) is 15.5. The number of nitrogens with zero attached hydrogens (tertiary/aromatic N) is 3. The SMILES string of the molecule is O=C(O)C1CCCN(C(=O)c2ccc(-c3ncn[nH]3)cc2)C1. The first-order chi connectivity index (χ1) is 10.6. The summed E-state index contributed by atoms with van der Waals surface area (Å²) < 4.78 is 0. The minimum atomic E-state index is -0.835. The summed E-state index contributed by atoms with van der Waals surface area (Å²) in [6, 6.07) is 7.05. The van der Waals surface area contributed by atoms with E-state index in [4.69, 9.17) is 5.11 Å². The maximum Gasteiger partial charge on any atom is 0.308 e. The van der Waals surface area contributed by atoms with E-state index in [-0.39, 0.29) is 12.5 Å². The van der Waals surface area contributed by atoms with Crippen molar-refractivity contribution in [1.29, 1.82) is 0 Å². The van der Waals surface area contributed by atoms with Gasteiger partial charge in [0.15, 0.2) is 5.82 Å². The summed E-state index contributed by atoms with van der Waals surface area (Å²) in [4.78, 5) is 29.2. The van der Waals surface area contributed by atoms with Crippen LogP contribution < -0.4 is 0 Å². The summed E-state index contributed by atoms with van der Waals surface area (Å²) >= 11 is 0. The molecule has 2 aromatic rings. The molecule has 2 N–H and O–H groups in total. The number of benzene rings is 1. The monoisotopic (exact) mass is 300 g/mol. The molecule has 1 fully saturated rings. The summed E-state index contributed by atoms with van der Waals surface area (Å²) in [6.07, 6.45) is 2.77. The highest BCUT2D eigenvalue weighted by Gasteiger charge is 2.28. The van der Waals surface area contributed by atoms with Crippen molar-refractivity contribution in [2.24, 2.45) is 5.92 Å². The highest BCUT2D eigenvalue weighted by Crippen LogP contribution is 2.20. The van der Waals surface area contributed by atoms with E-state index in [1.54, 1.807) is 29.2 Å². The Morgan fingerprint density at radius 2 is 2.05 bits per heavy atom.